The van der Waals surface area contributed by atoms with E-state index in [9.17, 15) is 4.79 Å². The Morgan fingerprint density at radius 2 is 1.95 bits per heavy atom. The fraction of sp³-hybridized carbons (Fsp3) is 0.529. The molecule has 0 aromatic heterocycles. The zero-order chi connectivity index (χ0) is 14.4. The van der Waals surface area contributed by atoms with E-state index in [-0.39, 0.29) is 16.8 Å². The van der Waals surface area contributed by atoms with Crippen molar-refractivity contribution in [1.82, 2.24) is 0 Å². The van der Waals surface area contributed by atoms with Gasteiger partial charge in [0.15, 0.2) is 0 Å². The van der Waals surface area contributed by atoms with Crippen molar-refractivity contribution in [3.63, 3.8) is 0 Å². The fourth-order valence-electron chi connectivity index (χ4n) is 3.79. The molecule has 0 unspecified atom stereocenters. The minimum absolute atomic E-state index is 0.0780. The summed E-state index contributed by atoms with van der Waals surface area (Å²) in [7, 11) is 0. The van der Waals surface area contributed by atoms with Crippen molar-refractivity contribution in [2.75, 3.05) is 0 Å². The fourth-order valence-corrected chi connectivity index (χ4v) is 3.79. The summed E-state index contributed by atoms with van der Waals surface area (Å²) in [5.74, 6) is 0.295. The number of hydrogen-bond donors (Lipinski definition) is 0. The second-order valence-electron chi connectivity index (χ2n) is 6.78. The smallest absolute Gasteiger partial charge is 0.313 e. The number of benzene rings is 1. The average molecular weight is 271 g/mol. The average Bonchev–Trinajstić information content (AvgIpc) is 2.78. The van der Waals surface area contributed by atoms with Crippen LogP contribution < -0.4 is 0 Å². The third-order valence-corrected chi connectivity index (χ3v) is 5.76. The Balaban J connectivity index is 1.77. The van der Waals surface area contributed by atoms with Crippen molar-refractivity contribution in [2.24, 2.45) is 21.9 Å². The van der Waals surface area contributed by atoms with Crippen LogP contribution in [0.15, 0.2) is 35.5 Å². The maximum Gasteiger partial charge on any atom is 0.365 e. The number of rotatable bonds is 2. The van der Waals surface area contributed by atoms with Gasteiger partial charge in [-0.1, -0.05) is 44.1 Å². The Morgan fingerprint density at radius 1 is 1.25 bits per heavy atom. The molecule has 2 fully saturated rings. The third kappa shape index (κ3) is 1.80. The molecule has 1 aromatic carbocycles. The van der Waals surface area contributed by atoms with Gasteiger partial charge in [-0.3, -0.25) is 0 Å². The predicted octanol–water partition coefficient (Wildman–Crippen LogP) is 4.05. The van der Waals surface area contributed by atoms with E-state index in [4.69, 9.17) is 4.84 Å². The van der Waals surface area contributed by atoms with E-state index < -0.39 is 0 Å². The quantitative estimate of drug-likeness (QED) is 0.601. The van der Waals surface area contributed by atoms with Crippen LogP contribution in [0.1, 0.15) is 50.4 Å². The summed E-state index contributed by atoms with van der Waals surface area (Å²) in [5, 5.41) is 4.22. The molecular weight excluding hydrogens is 250 g/mol. The van der Waals surface area contributed by atoms with E-state index in [0.717, 1.165) is 18.6 Å². The van der Waals surface area contributed by atoms with Crippen molar-refractivity contribution in [3.05, 3.63) is 35.9 Å². The van der Waals surface area contributed by atoms with Crippen LogP contribution in [0.4, 0.5) is 0 Å². The SMILES string of the molecule is CC1(C)[C@H]2CC[C@]1(C)/C(=N\OC(=O)c1ccccc1)C2. The normalized spacial score (nSPS) is 32.5. The van der Waals surface area contributed by atoms with Crippen LogP contribution in [0.25, 0.3) is 0 Å². The van der Waals surface area contributed by atoms with Crippen LogP contribution in [-0.4, -0.2) is 11.7 Å². The lowest BCUT2D eigenvalue weighted by molar-refractivity contribution is 0.0508. The molecule has 3 heteroatoms. The Morgan fingerprint density at radius 3 is 2.50 bits per heavy atom. The van der Waals surface area contributed by atoms with E-state index in [1.54, 1.807) is 12.1 Å². The molecule has 1 aromatic rings. The monoisotopic (exact) mass is 271 g/mol. The summed E-state index contributed by atoms with van der Waals surface area (Å²) in [5.41, 5.74) is 1.94. The molecule has 2 atom stereocenters. The molecule has 0 aliphatic heterocycles. The second kappa shape index (κ2) is 4.44. The summed E-state index contributed by atoms with van der Waals surface area (Å²) in [6.45, 7) is 6.88. The Hall–Kier alpha value is -1.64. The maximum absolute atomic E-state index is 11.9. The van der Waals surface area contributed by atoms with Crippen molar-refractivity contribution >= 4 is 11.7 Å². The molecule has 0 saturated heterocycles. The van der Waals surface area contributed by atoms with Crippen LogP contribution in [0.2, 0.25) is 0 Å². The minimum Gasteiger partial charge on any atom is -0.313 e. The van der Waals surface area contributed by atoms with Gasteiger partial charge in [0.1, 0.15) is 0 Å². The molecule has 2 saturated carbocycles. The van der Waals surface area contributed by atoms with Crippen LogP contribution in [-0.2, 0) is 4.84 Å². The number of fused-ring (bicyclic) bond motifs is 2. The first kappa shape index (κ1) is 13.3. The lowest BCUT2D eigenvalue weighted by Crippen LogP contribution is -2.32. The largest absolute Gasteiger partial charge is 0.365 e. The number of oxime groups is 1. The standard InChI is InChI=1S/C17H21NO2/c1-16(2)13-9-10-17(16,3)14(11-13)18-20-15(19)12-7-5-4-6-8-12/h4-8,13H,9-11H2,1-3H3/b18-14-/t13-,17+/m0/s1. The molecule has 0 heterocycles. The van der Waals surface area contributed by atoms with Gasteiger partial charge >= 0.3 is 5.97 Å². The molecule has 2 bridgehead atoms. The van der Waals surface area contributed by atoms with Gasteiger partial charge in [-0.2, -0.15) is 0 Å². The van der Waals surface area contributed by atoms with Gasteiger partial charge < -0.3 is 4.84 Å². The van der Waals surface area contributed by atoms with Crippen LogP contribution >= 0.6 is 0 Å². The van der Waals surface area contributed by atoms with Crippen molar-refractivity contribution < 1.29 is 9.63 Å². The van der Waals surface area contributed by atoms with E-state index in [1.165, 1.54) is 6.42 Å². The van der Waals surface area contributed by atoms with Gasteiger partial charge in [0.05, 0.1) is 11.3 Å². The number of nitrogens with zero attached hydrogens (tertiary/aromatic N) is 1. The molecule has 3 rings (SSSR count). The summed E-state index contributed by atoms with van der Waals surface area (Å²) < 4.78 is 0. The van der Waals surface area contributed by atoms with Gasteiger partial charge in [-0.05, 0) is 42.7 Å². The molecule has 0 amide bonds. The molecule has 2 aliphatic rings. The highest BCUT2D eigenvalue weighted by molar-refractivity contribution is 5.95. The van der Waals surface area contributed by atoms with Gasteiger partial charge in [0, 0.05) is 5.41 Å². The minimum atomic E-state index is -0.373. The van der Waals surface area contributed by atoms with Crippen molar-refractivity contribution in [2.45, 2.75) is 40.0 Å². The first-order valence-corrected chi connectivity index (χ1v) is 7.29. The summed E-state index contributed by atoms with van der Waals surface area (Å²) in [4.78, 5) is 17.1. The highest BCUT2D eigenvalue weighted by atomic mass is 16.7. The van der Waals surface area contributed by atoms with Crippen LogP contribution in [0.5, 0.6) is 0 Å². The van der Waals surface area contributed by atoms with E-state index in [1.807, 2.05) is 18.2 Å². The lowest BCUT2D eigenvalue weighted by atomic mass is 9.70. The highest BCUT2D eigenvalue weighted by Crippen LogP contribution is 2.63. The molecule has 106 valence electrons. The Labute approximate surface area is 120 Å². The maximum atomic E-state index is 11.9. The van der Waals surface area contributed by atoms with Gasteiger partial charge in [0.25, 0.3) is 0 Å². The number of carbonyl (C=O) groups is 1. The van der Waals surface area contributed by atoms with Crippen molar-refractivity contribution in [1.29, 1.82) is 0 Å². The molecular formula is C17H21NO2. The van der Waals surface area contributed by atoms with E-state index in [0.29, 0.717) is 11.5 Å². The first-order valence-electron chi connectivity index (χ1n) is 7.29. The zero-order valence-electron chi connectivity index (χ0n) is 12.3. The van der Waals surface area contributed by atoms with Gasteiger partial charge in [-0.15, -0.1) is 0 Å². The molecule has 20 heavy (non-hydrogen) atoms. The molecule has 2 aliphatic carbocycles. The van der Waals surface area contributed by atoms with Crippen LogP contribution in [0.3, 0.4) is 0 Å². The summed E-state index contributed by atoms with van der Waals surface area (Å²) in [6.07, 6.45) is 3.37. The lowest BCUT2D eigenvalue weighted by Gasteiger charge is -2.34. The molecule has 0 N–H and O–H groups in total. The zero-order valence-corrected chi connectivity index (χ0v) is 12.3. The first-order chi connectivity index (χ1) is 9.45. The van der Waals surface area contributed by atoms with Gasteiger partial charge in [0.2, 0.25) is 0 Å². The Bertz CT molecular complexity index is 562. The third-order valence-electron chi connectivity index (χ3n) is 5.76. The van der Waals surface area contributed by atoms with Gasteiger partial charge in [-0.25, -0.2) is 4.79 Å². The number of carbonyl (C=O) groups excluding carboxylic acids is 1. The number of hydrogen-bond acceptors (Lipinski definition) is 3. The summed E-state index contributed by atoms with van der Waals surface area (Å²) >= 11 is 0. The van der Waals surface area contributed by atoms with E-state index in [2.05, 4.69) is 25.9 Å². The molecule has 0 radical (unpaired) electrons. The van der Waals surface area contributed by atoms with E-state index >= 15 is 0 Å². The predicted molar refractivity (Wildman–Crippen MR) is 78.5 cm³/mol. The summed E-state index contributed by atoms with van der Waals surface area (Å²) in [6, 6.07) is 9.02. The molecule has 0 spiro atoms. The van der Waals surface area contributed by atoms with Crippen LogP contribution in [0, 0.1) is 16.7 Å². The second-order valence-corrected chi connectivity index (χ2v) is 6.78. The highest BCUT2D eigenvalue weighted by Gasteiger charge is 2.60. The Kier molecular flexibility index (Phi) is 2.96. The topological polar surface area (TPSA) is 38.7 Å². The van der Waals surface area contributed by atoms with Crippen molar-refractivity contribution in [3.8, 4) is 0 Å². The molecule has 3 nitrogen and oxygen atoms in total.